The number of nitrogens with one attached hydrogen (secondary N) is 3. The minimum absolute atomic E-state index is 0.0283. The lowest BCUT2D eigenvalue weighted by Gasteiger charge is -2.07. The van der Waals surface area contributed by atoms with E-state index >= 15 is 0 Å². The number of aromatic nitrogens is 4. The highest BCUT2D eigenvalue weighted by molar-refractivity contribution is 6.01. The summed E-state index contributed by atoms with van der Waals surface area (Å²) in [6, 6.07) is 11.5. The normalized spacial score (nSPS) is 11.1. The Balaban J connectivity index is 1.64. The molecule has 0 saturated heterocycles. The molecule has 4 rings (SSSR count). The van der Waals surface area contributed by atoms with Crippen LogP contribution in [0.4, 0.5) is 5.69 Å². The number of aromatic carboxylic acids is 1. The van der Waals surface area contributed by atoms with Crippen molar-refractivity contribution in [3.63, 3.8) is 0 Å². The fourth-order valence-electron chi connectivity index (χ4n) is 2.67. The number of benzene rings is 2. The Labute approximate surface area is 130 Å². The summed E-state index contributed by atoms with van der Waals surface area (Å²) in [4.78, 5) is 11.2. The summed E-state index contributed by atoms with van der Waals surface area (Å²) in [5, 5.41) is 27.7. The van der Waals surface area contributed by atoms with Gasteiger partial charge in [-0.3, -0.25) is 10.2 Å². The number of carboxylic acid groups (broad SMARTS) is 1. The lowest BCUT2D eigenvalue weighted by atomic mass is 10.1. The largest absolute Gasteiger partial charge is 0.476 e. The molecule has 7 nitrogen and oxygen atoms in total. The average Bonchev–Trinajstić information content (AvgIpc) is 3.19. The van der Waals surface area contributed by atoms with Crippen LogP contribution >= 0.6 is 0 Å². The van der Waals surface area contributed by atoms with E-state index in [1.54, 1.807) is 12.3 Å². The van der Waals surface area contributed by atoms with Crippen LogP contribution < -0.4 is 5.32 Å². The maximum Gasteiger partial charge on any atom is 0.357 e. The van der Waals surface area contributed by atoms with Crippen LogP contribution in [-0.2, 0) is 6.54 Å². The summed E-state index contributed by atoms with van der Waals surface area (Å²) in [5.74, 6) is -1.04. The molecule has 0 atom stereocenters. The molecule has 23 heavy (non-hydrogen) atoms. The number of hydrogen-bond donors (Lipinski definition) is 4. The van der Waals surface area contributed by atoms with Crippen molar-refractivity contribution in [1.82, 2.24) is 20.4 Å². The number of anilines is 1. The monoisotopic (exact) mass is 307 g/mol. The minimum atomic E-state index is -1.04. The molecule has 0 aliphatic heterocycles. The summed E-state index contributed by atoms with van der Waals surface area (Å²) < 4.78 is 0. The van der Waals surface area contributed by atoms with Crippen LogP contribution in [0.1, 0.15) is 16.1 Å². The van der Waals surface area contributed by atoms with Gasteiger partial charge in [0, 0.05) is 23.0 Å². The molecule has 0 aliphatic carbocycles. The molecule has 0 saturated carbocycles. The second kappa shape index (κ2) is 5.13. The summed E-state index contributed by atoms with van der Waals surface area (Å²) in [7, 11) is 0. The number of aromatic amines is 2. The van der Waals surface area contributed by atoms with Crippen molar-refractivity contribution in [2.24, 2.45) is 0 Å². The van der Waals surface area contributed by atoms with Crippen LogP contribution in [0.15, 0.2) is 42.6 Å². The molecule has 0 unspecified atom stereocenters. The van der Waals surface area contributed by atoms with Crippen LogP contribution in [0.25, 0.3) is 21.8 Å². The number of hydrogen-bond acceptors (Lipinski definition) is 4. The summed E-state index contributed by atoms with van der Waals surface area (Å²) in [6.07, 6.45) is 1.80. The Morgan fingerprint density at radius 2 is 2.00 bits per heavy atom. The van der Waals surface area contributed by atoms with Gasteiger partial charge in [-0.1, -0.05) is 12.1 Å². The number of carboxylic acids is 1. The van der Waals surface area contributed by atoms with Crippen molar-refractivity contribution >= 4 is 33.5 Å². The second-order valence-corrected chi connectivity index (χ2v) is 5.24. The maximum absolute atomic E-state index is 11.2. The predicted molar refractivity (Wildman–Crippen MR) is 86.5 cm³/mol. The molecule has 2 heterocycles. The molecule has 0 aliphatic rings. The smallest absolute Gasteiger partial charge is 0.357 e. The Bertz CT molecular complexity index is 1020. The van der Waals surface area contributed by atoms with Crippen molar-refractivity contribution in [1.29, 1.82) is 0 Å². The van der Waals surface area contributed by atoms with Gasteiger partial charge >= 0.3 is 5.97 Å². The highest BCUT2D eigenvalue weighted by Crippen LogP contribution is 2.22. The van der Waals surface area contributed by atoms with Crippen LogP contribution in [0, 0.1) is 0 Å². The first kappa shape index (κ1) is 13.3. The zero-order chi connectivity index (χ0) is 15.8. The molecule has 114 valence electrons. The zero-order valence-corrected chi connectivity index (χ0v) is 12.0. The quantitative estimate of drug-likeness (QED) is 0.464. The van der Waals surface area contributed by atoms with E-state index in [0.717, 1.165) is 22.2 Å². The van der Waals surface area contributed by atoms with Gasteiger partial charge in [-0.25, -0.2) is 4.79 Å². The van der Waals surface area contributed by atoms with Gasteiger partial charge in [-0.15, -0.1) is 0 Å². The third kappa shape index (κ3) is 2.28. The number of rotatable bonds is 4. The lowest BCUT2D eigenvalue weighted by Crippen LogP contribution is -2.00. The molecule has 2 aromatic carbocycles. The highest BCUT2D eigenvalue weighted by atomic mass is 16.4. The molecule has 0 fully saturated rings. The molecule has 7 heteroatoms. The topological polar surface area (TPSA) is 107 Å². The molecular weight excluding hydrogens is 294 g/mol. The first-order valence-corrected chi connectivity index (χ1v) is 7.08. The van der Waals surface area contributed by atoms with E-state index in [-0.39, 0.29) is 5.69 Å². The Kier molecular flexibility index (Phi) is 2.97. The van der Waals surface area contributed by atoms with Crippen molar-refractivity contribution in [2.45, 2.75) is 6.54 Å². The third-order valence-electron chi connectivity index (χ3n) is 3.82. The van der Waals surface area contributed by atoms with Gasteiger partial charge in [-0.2, -0.15) is 10.2 Å². The van der Waals surface area contributed by atoms with Crippen molar-refractivity contribution in [3.05, 3.63) is 53.9 Å². The average molecular weight is 307 g/mol. The Morgan fingerprint density at radius 3 is 2.87 bits per heavy atom. The van der Waals surface area contributed by atoms with Crippen LogP contribution in [0.3, 0.4) is 0 Å². The molecule has 4 aromatic rings. The molecular formula is C16H13N5O2. The van der Waals surface area contributed by atoms with Gasteiger partial charge in [0.25, 0.3) is 0 Å². The number of nitrogens with zero attached hydrogens (tertiary/aromatic N) is 2. The molecule has 0 spiro atoms. The summed E-state index contributed by atoms with van der Waals surface area (Å²) in [6.45, 7) is 0.614. The maximum atomic E-state index is 11.2. The fraction of sp³-hybridized carbons (Fsp3) is 0.0625. The lowest BCUT2D eigenvalue weighted by molar-refractivity contribution is 0.0692. The van der Waals surface area contributed by atoms with E-state index in [0.29, 0.717) is 17.4 Å². The van der Waals surface area contributed by atoms with E-state index in [4.69, 9.17) is 5.11 Å². The molecule has 4 N–H and O–H groups in total. The predicted octanol–water partition coefficient (Wildman–Crippen LogP) is 2.75. The van der Waals surface area contributed by atoms with Gasteiger partial charge in [-0.05, 0) is 29.8 Å². The molecule has 0 bridgehead atoms. The van der Waals surface area contributed by atoms with Crippen molar-refractivity contribution < 1.29 is 9.90 Å². The van der Waals surface area contributed by atoms with Gasteiger partial charge in [0.15, 0.2) is 5.69 Å². The Hall–Kier alpha value is -3.35. The third-order valence-corrected chi connectivity index (χ3v) is 3.82. The van der Waals surface area contributed by atoms with Crippen molar-refractivity contribution in [3.8, 4) is 0 Å². The SMILES string of the molecule is O=C(O)c1n[nH]c2ccc(NCc3cccc4[nH]ncc34)cc12. The van der Waals surface area contributed by atoms with E-state index in [1.165, 1.54) is 0 Å². The van der Waals surface area contributed by atoms with Gasteiger partial charge < -0.3 is 10.4 Å². The van der Waals surface area contributed by atoms with Crippen molar-refractivity contribution in [2.75, 3.05) is 5.32 Å². The number of fused-ring (bicyclic) bond motifs is 2. The zero-order valence-electron chi connectivity index (χ0n) is 12.0. The molecule has 2 aromatic heterocycles. The van der Waals surface area contributed by atoms with Crippen LogP contribution in [0.5, 0.6) is 0 Å². The molecule has 0 radical (unpaired) electrons. The number of carbonyl (C=O) groups is 1. The standard InChI is InChI=1S/C16H13N5O2/c22-16(23)15-11-6-10(4-5-14(11)20-21-15)17-7-9-2-1-3-13-12(9)8-18-19-13/h1-6,8,17H,7H2,(H,18,19)(H,20,21)(H,22,23). The fourth-order valence-corrected chi connectivity index (χ4v) is 2.67. The van der Waals surface area contributed by atoms with Crippen LogP contribution in [-0.4, -0.2) is 31.5 Å². The van der Waals surface area contributed by atoms with E-state index in [9.17, 15) is 4.79 Å². The first-order valence-electron chi connectivity index (χ1n) is 7.08. The van der Waals surface area contributed by atoms with E-state index in [1.807, 2.05) is 30.3 Å². The summed E-state index contributed by atoms with van der Waals surface area (Å²) >= 11 is 0. The highest BCUT2D eigenvalue weighted by Gasteiger charge is 2.13. The van der Waals surface area contributed by atoms with Gasteiger partial charge in [0.2, 0.25) is 0 Å². The summed E-state index contributed by atoms with van der Waals surface area (Å²) in [5.41, 5.74) is 3.66. The van der Waals surface area contributed by atoms with E-state index < -0.39 is 5.97 Å². The molecule has 0 amide bonds. The van der Waals surface area contributed by atoms with Gasteiger partial charge in [0.05, 0.1) is 17.2 Å². The van der Waals surface area contributed by atoms with Gasteiger partial charge in [0.1, 0.15) is 0 Å². The van der Waals surface area contributed by atoms with Crippen LogP contribution in [0.2, 0.25) is 0 Å². The second-order valence-electron chi connectivity index (χ2n) is 5.24. The minimum Gasteiger partial charge on any atom is -0.476 e. The number of H-pyrrole nitrogens is 2. The van der Waals surface area contributed by atoms with E-state index in [2.05, 4.69) is 25.7 Å². The Morgan fingerprint density at radius 1 is 1.13 bits per heavy atom. The first-order chi connectivity index (χ1) is 11.2.